The van der Waals surface area contributed by atoms with Crippen molar-refractivity contribution in [2.45, 2.75) is 29.8 Å². The van der Waals surface area contributed by atoms with Crippen molar-refractivity contribution in [3.8, 4) is 0 Å². The molecule has 0 aliphatic heterocycles. The van der Waals surface area contributed by atoms with Crippen LogP contribution in [0.5, 0.6) is 0 Å². The lowest BCUT2D eigenvalue weighted by Gasteiger charge is -2.13. The molecule has 0 heterocycles. The number of rotatable bonds is 5. The van der Waals surface area contributed by atoms with Crippen LogP contribution in [0.3, 0.4) is 0 Å². The number of halogens is 2. The van der Waals surface area contributed by atoms with E-state index < -0.39 is 21.0 Å². The predicted molar refractivity (Wildman–Crippen MR) is 66.0 cm³/mol. The van der Waals surface area contributed by atoms with Crippen molar-refractivity contribution in [2.75, 3.05) is 4.72 Å². The van der Waals surface area contributed by atoms with Gasteiger partial charge in [0.1, 0.15) is 0 Å². The number of hydrogen-bond donors (Lipinski definition) is 1. The van der Waals surface area contributed by atoms with E-state index in [1.54, 1.807) is 12.1 Å². The second kappa shape index (κ2) is 5.68. The molecule has 0 bridgehead atoms. The molecular weight excluding hydrogens is 268 g/mol. The molecule has 0 spiro atoms. The highest BCUT2D eigenvalue weighted by Gasteiger charge is 2.18. The van der Waals surface area contributed by atoms with Gasteiger partial charge >= 0.3 is 0 Å². The summed E-state index contributed by atoms with van der Waals surface area (Å²) in [5, 5.41) is -0.618. The second-order valence-corrected chi connectivity index (χ2v) is 6.84. The van der Waals surface area contributed by atoms with Gasteiger partial charge in [0.2, 0.25) is 10.0 Å². The Balaban J connectivity index is 2.99. The van der Waals surface area contributed by atoms with E-state index in [0.717, 1.165) is 0 Å². The quantitative estimate of drug-likeness (QED) is 0.843. The zero-order chi connectivity index (χ0) is 13.1. The van der Waals surface area contributed by atoms with Crippen molar-refractivity contribution < 1.29 is 17.2 Å². The number of hydrogen-bond acceptors (Lipinski definition) is 3. The molecule has 7 heteroatoms. The van der Waals surface area contributed by atoms with E-state index in [1.807, 2.05) is 0 Å². The van der Waals surface area contributed by atoms with Gasteiger partial charge in [-0.05, 0) is 26.0 Å². The minimum atomic E-state index is -3.52. The largest absolute Gasteiger partial charge is 0.288 e. The summed E-state index contributed by atoms with van der Waals surface area (Å²) >= 11 is 0.317. The molecule has 0 aliphatic rings. The topological polar surface area (TPSA) is 46.2 Å². The van der Waals surface area contributed by atoms with Gasteiger partial charge in [0.15, 0.2) is 0 Å². The molecular formula is C10H13F2NO2S2. The fourth-order valence-corrected chi connectivity index (χ4v) is 2.40. The lowest BCUT2D eigenvalue weighted by Crippen LogP contribution is -2.22. The smallest absolute Gasteiger partial charge is 0.282 e. The number of alkyl halides is 2. The van der Waals surface area contributed by atoms with Crippen LogP contribution in [-0.2, 0) is 10.0 Å². The van der Waals surface area contributed by atoms with Crippen molar-refractivity contribution in [3.05, 3.63) is 24.3 Å². The maximum absolute atomic E-state index is 12.3. The van der Waals surface area contributed by atoms with Crippen molar-refractivity contribution in [1.29, 1.82) is 0 Å². The Morgan fingerprint density at radius 1 is 1.24 bits per heavy atom. The van der Waals surface area contributed by atoms with Crippen molar-refractivity contribution in [3.63, 3.8) is 0 Å². The third-order valence-electron chi connectivity index (χ3n) is 1.98. The van der Waals surface area contributed by atoms with Gasteiger partial charge in [0, 0.05) is 4.90 Å². The van der Waals surface area contributed by atoms with Crippen LogP contribution in [0.4, 0.5) is 14.5 Å². The van der Waals surface area contributed by atoms with Crippen LogP contribution < -0.4 is 4.72 Å². The van der Waals surface area contributed by atoms with Crippen molar-refractivity contribution >= 4 is 27.5 Å². The molecule has 0 saturated heterocycles. The van der Waals surface area contributed by atoms with Crippen molar-refractivity contribution in [2.24, 2.45) is 0 Å². The average molecular weight is 281 g/mol. The Kier molecular flexibility index (Phi) is 4.76. The molecule has 1 aromatic carbocycles. The maximum atomic E-state index is 12.3. The van der Waals surface area contributed by atoms with Gasteiger partial charge in [-0.2, -0.15) is 8.78 Å². The molecule has 0 fully saturated rings. The molecule has 0 saturated carbocycles. The Labute approximate surface area is 104 Å². The lowest BCUT2D eigenvalue weighted by molar-refractivity contribution is 0.252. The van der Waals surface area contributed by atoms with E-state index in [2.05, 4.69) is 4.72 Å². The minimum Gasteiger partial charge on any atom is -0.282 e. The number of thioether (sulfide) groups is 1. The average Bonchev–Trinajstić information content (AvgIpc) is 2.19. The zero-order valence-electron chi connectivity index (χ0n) is 9.35. The van der Waals surface area contributed by atoms with Gasteiger partial charge < -0.3 is 0 Å². The highest BCUT2D eigenvalue weighted by molar-refractivity contribution is 7.99. The molecule has 1 N–H and O–H groups in total. The van der Waals surface area contributed by atoms with E-state index in [1.165, 1.54) is 26.0 Å². The van der Waals surface area contributed by atoms with Gasteiger partial charge in [0.25, 0.3) is 5.76 Å². The zero-order valence-corrected chi connectivity index (χ0v) is 11.0. The second-order valence-electron chi connectivity index (χ2n) is 3.57. The van der Waals surface area contributed by atoms with Crippen LogP contribution in [0.2, 0.25) is 0 Å². The molecule has 0 unspecified atom stereocenters. The van der Waals surface area contributed by atoms with Crippen LogP contribution in [0.1, 0.15) is 13.8 Å². The first kappa shape index (κ1) is 14.2. The van der Waals surface area contributed by atoms with Crippen molar-refractivity contribution in [1.82, 2.24) is 0 Å². The minimum absolute atomic E-state index is 0.187. The first-order valence-corrected chi connectivity index (χ1v) is 7.31. The predicted octanol–water partition coefficient (Wildman–Crippen LogP) is 3.15. The third-order valence-corrected chi connectivity index (χ3v) is 4.51. The third kappa shape index (κ3) is 4.16. The van der Waals surface area contributed by atoms with Gasteiger partial charge in [0.05, 0.1) is 10.9 Å². The highest BCUT2D eigenvalue weighted by atomic mass is 32.2. The van der Waals surface area contributed by atoms with Crippen LogP contribution >= 0.6 is 11.8 Å². The molecule has 17 heavy (non-hydrogen) atoms. The molecule has 0 amide bonds. The molecule has 0 aliphatic carbocycles. The van der Waals surface area contributed by atoms with Crippen LogP contribution in [-0.4, -0.2) is 19.4 Å². The van der Waals surface area contributed by atoms with Crippen LogP contribution in [0, 0.1) is 0 Å². The van der Waals surface area contributed by atoms with E-state index in [0.29, 0.717) is 11.8 Å². The first-order chi connectivity index (χ1) is 7.83. The Hall–Kier alpha value is -0.820. The summed E-state index contributed by atoms with van der Waals surface area (Å²) in [5.74, 6) is -2.58. The maximum Gasteiger partial charge on any atom is 0.288 e. The molecule has 0 radical (unpaired) electrons. The summed E-state index contributed by atoms with van der Waals surface area (Å²) in [7, 11) is -3.52. The molecule has 1 aromatic rings. The normalized spacial score (nSPS) is 12.1. The summed E-state index contributed by atoms with van der Waals surface area (Å²) in [5.41, 5.74) is 0.187. The standard InChI is InChI=1S/C10H13F2NO2S2/c1-7(2)17(14,15)13-8-5-3-4-6-9(8)16-10(11)12/h3-7,10,13H,1-2H3. The number of para-hydroxylation sites is 1. The van der Waals surface area contributed by atoms with E-state index in [4.69, 9.17) is 0 Å². The van der Waals surface area contributed by atoms with Gasteiger partial charge in [-0.15, -0.1) is 0 Å². The summed E-state index contributed by atoms with van der Waals surface area (Å²) < 4.78 is 50.1. The fraction of sp³-hybridized carbons (Fsp3) is 0.400. The summed E-state index contributed by atoms with van der Waals surface area (Å²) in [6.07, 6.45) is 0. The number of anilines is 1. The number of sulfonamides is 1. The molecule has 0 aromatic heterocycles. The lowest BCUT2D eigenvalue weighted by atomic mass is 10.3. The summed E-state index contributed by atoms with van der Waals surface area (Å²) in [6.45, 7) is 3.04. The fourth-order valence-electron chi connectivity index (χ4n) is 1.02. The molecule has 1 rings (SSSR count). The molecule has 0 atom stereocenters. The Bertz CT molecular complexity index is 475. The highest BCUT2D eigenvalue weighted by Crippen LogP contribution is 2.32. The van der Waals surface area contributed by atoms with Crippen LogP contribution in [0.15, 0.2) is 29.2 Å². The monoisotopic (exact) mass is 281 g/mol. The summed E-state index contributed by atoms with van der Waals surface area (Å²) in [4.78, 5) is 0.215. The van der Waals surface area contributed by atoms with E-state index in [-0.39, 0.29) is 10.6 Å². The molecule has 96 valence electrons. The van der Waals surface area contributed by atoms with Gasteiger partial charge in [-0.1, -0.05) is 23.9 Å². The Morgan fingerprint density at radius 3 is 2.35 bits per heavy atom. The number of nitrogens with one attached hydrogen (secondary N) is 1. The van der Waals surface area contributed by atoms with E-state index >= 15 is 0 Å². The summed E-state index contributed by atoms with van der Waals surface area (Å²) in [6, 6.07) is 6.09. The number of benzene rings is 1. The SMILES string of the molecule is CC(C)S(=O)(=O)Nc1ccccc1SC(F)F. The molecule has 3 nitrogen and oxygen atoms in total. The first-order valence-electron chi connectivity index (χ1n) is 4.88. The Morgan fingerprint density at radius 2 is 1.82 bits per heavy atom. The van der Waals surface area contributed by atoms with Gasteiger partial charge in [-0.25, -0.2) is 8.42 Å². The van der Waals surface area contributed by atoms with Crippen LogP contribution in [0.25, 0.3) is 0 Å². The van der Waals surface area contributed by atoms with E-state index in [9.17, 15) is 17.2 Å². The van der Waals surface area contributed by atoms with Gasteiger partial charge in [-0.3, -0.25) is 4.72 Å².